The first kappa shape index (κ1) is 14.3. The maximum Gasteiger partial charge on any atom is 0.0897 e. The molecule has 0 aromatic carbocycles. The van der Waals surface area contributed by atoms with E-state index in [1.165, 1.54) is 12.8 Å². The predicted octanol–water partition coefficient (Wildman–Crippen LogP) is 1.32. The Hall–Kier alpha value is -0.160. The molecule has 4 nitrogen and oxygen atoms in total. The largest absolute Gasteiger partial charge is 0.389 e. The Morgan fingerprint density at radius 2 is 2.11 bits per heavy atom. The van der Waals surface area contributed by atoms with Gasteiger partial charge in [0, 0.05) is 19.2 Å². The number of ether oxygens (including phenoxy) is 2. The standard InChI is InChI=1S/C14H27NO3/c1-11(12-6-7-17-9-12)15-8-13(16)10-18-14-4-2-3-5-14/h11-16H,2-10H2,1H3. The van der Waals surface area contributed by atoms with Crippen LogP contribution in [0.4, 0.5) is 0 Å². The molecule has 18 heavy (non-hydrogen) atoms. The van der Waals surface area contributed by atoms with Gasteiger partial charge in [0.2, 0.25) is 0 Å². The van der Waals surface area contributed by atoms with Gasteiger partial charge in [0.25, 0.3) is 0 Å². The molecular weight excluding hydrogens is 230 g/mol. The topological polar surface area (TPSA) is 50.7 Å². The average molecular weight is 257 g/mol. The van der Waals surface area contributed by atoms with Gasteiger partial charge < -0.3 is 19.9 Å². The van der Waals surface area contributed by atoms with Crippen molar-refractivity contribution in [2.75, 3.05) is 26.4 Å². The van der Waals surface area contributed by atoms with Crippen LogP contribution in [-0.2, 0) is 9.47 Å². The van der Waals surface area contributed by atoms with Gasteiger partial charge in [0.1, 0.15) is 0 Å². The van der Waals surface area contributed by atoms with E-state index in [-0.39, 0.29) is 0 Å². The van der Waals surface area contributed by atoms with Crippen LogP contribution in [0, 0.1) is 5.92 Å². The van der Waals surface area contributed by atoms with Gasteiger partial charge in [-0.1, -0.05) is 12.8 Å². The first-order valence-electron chi connectivity index (χ1n) is 7.36. The summed E-state index contributed by atoms with van der Waals surface area (Å²) < 4.78 is 11.1. The van der Waals surface area contributed by atoms with Crippen LogP contribution in [0.2, 0.25) is 0 Å². The highest BCUT2D eigenvalue weighted by atomic mass is 16.5. The minimum Gasteiger partial charge on any atom is -0.389 e. The summed E-state index contributed by atoms with van der Waals surface area (Å²) in [7, 11) is 0. The molecule has 2 rings (SSSR count). The third kappa shape index (κ3) is 4.50. The lowest BCUT2D eigenvalue weighted by molar-refractivity contribution is -0.00667. The summed E-state index contributed by atoms with van der Waals surface area (Å²) in [6.07, 6.45) is 6.00. The normalized spacial score (nSPS) is 28.7. The molecule has 3 atom stereocenters. The lowest BCUT2D eigenvalue weighted by atomic mass is 10.0. The van der Waals surface area contributed by atoms with Gasteiger partial charge in [0.15, 0.2) is 0 Å². The summed E-state index contributed by atoms with van der Waals surface area (Å²) in [4.78, 5) is 0. The van der Waals surface area contributed by atoms with E-state index in [1.54, 1.807) is 0 Å². The molecule has 4 heteroatoms. The SMILES string of the molecule is CC(NCC(O)COC1CCCC1)C1CCOC1. The molecule has 2 fully saturated rings. The molecule has 2 N–H and O–H groups in total. The highest BCUT2D eigenvalue weighted by Gasteiger charge is 2.22. The molecule has 1 aliphatic carbocycles. The van der Waals surface area contributed by atoms with Gasteiger partial charge in [-0.2, -0.15) is 0 Å². The first-order valence-corrected chi connectivity index (χ1v) is 7.36. The van der Waals surface area contributed by atoms with Crippen LogP contribution in [0.15, 0.2) is 0 Å². The maximum atomic E-state index is 9.88. The molecule has 0 spiro atoms. The predicted molar refractivity (Wildman–Crippen MR) is 70.6 cm³/mol. The number of aliphatic hydroxyl groups excluding tert-OH is 1. The Balaban J connectivity index is 1.54. The van der Waals surface area contributed by atoms with Crippen LogP contribution in [0.3, 0.4) is 0 Å². The molecule has 1 saturated heterocycles. The summed E-state index contributed by atoms with van der Waals surface area (Å²) in [6.45, 7) is 4.98. The number of nitrogens with one attached hydrogen (secondary N) is 1. The quantitative estimate of drug-likeness (QED) is 0.722. The molecule has 3 unspecified atom stereocenters. The summed E-state index contributed by atoms with van der Waals surface area (Å²) >= 11 is 0. The molecule has 2 aliphatic rings. The summed E-state index contributed by atoms with van der Waals surface area (Å²) in [6, 6.07) is 0.411. The Labute approximate surface area is 110 Å². The first-order chi connectivity index (χ1) is 8.75. The van der Waals surface area contributed by atoms with Crippen molar-refractivity contribution in [2.24, 2.45) is 5.92 Å². The van der Waals surface area contributed by atoms with Crippen molar-refractivity contribution in [1.82, 2.24) is 5.32 Å². The average Bonchev–Trinajstić information content (AvgIpc) is 3.05. The van der Waals surface area contributed by atoms with Gasteiger partial charge in [-0.05, 0) is 32.1 Å². The third-order valence-corrected chi connectivity index (χ3v) is 4.17. The van der Waals surface area contributed by atoms with Crippen molar-refractivity contribution in [3.8, 4) is 0 Å². The highest BCUT2D eigenvalue weighted by molar-refractivity contribution is 4.77. The van der Waals surface area contributed by atoms with Crippen molar-refractivity contribution < 1.29 is 14.6 Å². The van der Waals surface area contributed by atoms with E-state index in [0.717, 1.165) is 32.5 Å². The Morgan fingerprint density at radius 1 is 1.33 bits per heavy atom. The van der Waals surface area contributed by atoms with Crippen molar-refractivity contribution in [2.45, 2.75) is 57.3 Å². The molecule has 106 valence electrons. The minimum atomic E-state index is -0.393. The van der Waals surface area contributed by atoms with Crippen LogP contribution in [0.5, 0.6) is 0 Å². The zero-order valence-corrected chi connectivity index (χ0v) is 11.4. The molecule has 1 heterocycles. The fraction of sp³-hybridized carbons (Fsp3) is 1.00. The van der Waals surface area contributed by atoms with Crippen molar-refractivity contribution >= 4 is 0 Å². The zero-order valence-electron chi connectivity index (χ0n) is 11.4. The van der Waals surface area contributed by atoms with E-state index in [0.29, 0.717) is 31.2 Å². The van der Waals surface area contributed by atoms with Crippen LogP contribution < -0.4 is 5.32 Å². The van der Waals surface area contributed by atoms with Gasteiger partial charge >= 0.3 is 0 Å². The minimum absolute atomic E-state index is 0.389. The van der Waals surface area contributed by atoms with Crippen LogP contribution in [0.1, 0.15) is 39.0 Å². The maximum absolute atomic E-state index is 9.88. The fourth-order valence-corrected chi connectivity index (χ4v) is 2.80. The van der Waals surface area contributed by atoms with Crippen LogP contribution in [-0.4, -0.2) is 49.7 Å². The van der Waals surface area contributed by atoms with Gasteiger partial charge in [-0.15, -0.1) is 0 Å². The molecule has 0 aromatic heterocycles. The van der Waals surface area contributed by atoms with Crippen molar-refractivity contribution in [3.63, 3.8) is 0 Å². The number of hydrogen-bond acceptors (Lipinski definition) is 4. The molecule has 1 saturated carbocycles. The van der Waals surface area contributed by atoms with E-state index in [9.17, 15) is 5.11 Å². The van der Waals surface area contributed by atoms with Gasteiger partial charge in [-0.3, -0.25) is 0 Å². The molecule has 0 bridgehead atoms. The zero-order chi connectivity index (χ0) is 12.8. The highest BCUT2D eigenvalue weighted by Crippen LogP contribution is 2.21. The Morgan fingerprint density at radius 3 is 2.78 bits per heavy atom. The molecule has 0 radical (unpaired) electrons. The molecule has 0 amide bonds. The number of rotatable bonds is 7. The summed E-state index contributed by atoms with van der Waals surface area (Å²) in [5.41, 5.74) is 0. The van der Waals surface area contributed by atoms with E-state index in [1.807, 2.05) is 0 Å². The van der Waals surface area contributed by atoms with E-state index < -0.39 is 6.10 Å². The van der Waals surface area contributed by atoms with Gasteiger partial charge in [0.05, 0.1) is 25.4 Å². The smallest absolute Gasteiger partial charge is 0.0897 e. The van der Waals surface area contributed by atoms with Crippen LogP contribution in [0.25, 0.3) is 0 Å². The number of hydrogen-bond donors (Lipinski definition) is 2. The van der Waals surface area contributed by atoms with Crippen LogP contribution >= 0.6 is 0 Å². The lowest BCUT2D eigenvalue weighted by Crippen LogP contribution is -2.40. The van der Waals surface area contributed by atoms with Crippen molar-refractivity contribution in [1.29, 1.82) is 0 Å². The number of aliphatic hydroxyl groups is 1. The van der Waals surface area contributed by atoms with Crippen molar-refractivity contribution in [3.05, 3.63) is 0 Å². The molecule has 0 aromatic rings. The van der Waals surface area contributed by atoms with E-state index in [4.69, 9.17) is 9.47 Å². The summed E-state index contributed by atoms with van der Waals surface area (Å²) in [5, 5.41) is 13.3. The second-order valence-corrected chi connectivity index (χ2v) is 5.71. The molecule has 1 aliphatic heterocycles. The summed E-state index contributed by atoms with van der Waals surface area (Å²) in [5.74, 6) is 0.591. The van der Waals surface area contributed by atoms with Gasteiger partial charge in [-0.25, -0.2) is 0 Å². The molecular formula is C14H27NO3. The second-order valence-electron chi connectivity index (χ2n) is 5.71. The third-order valence-electron chi connectivity index (χ3n) is 4.17. The monoisotopic (exact) mass is 257 g/mol. The van der Waals surface area contributed by atoms with E-state index in [2.05, 4.69) is 12.2 Å². The fourth-order valence-electron chi connectivity index (χ4n) is 2.80. The Bertz CT molecular complexity index is 225. The lowest BCUT2D eigenvalue weighted by Gasteiger charge is -2.22. The van der Waals surface area contributed by atoms with E-state index >= 15 is 0 Å². The Kier molecular flexibility index (Phi) is 5.89. The second kappa shape index (κ2) is 7.43.